The Labute approximate surface area is 150 Å². The molecule has 0 atom stereocenters. The van der Waals surface area contributed by atoms with E-state index in [4.69, 9.17) is 28.9 Å². The first-order valence-corrected chi connectivity index (χ1v) is 7.95. The molecular weight excluding hydrogens is 378 g/mol. The predicted molar refractivity (Wildman–Crippen MR) is 91.0 cm³/mol. The van der Waals surface area contributed by atoms with Gasteiger partial charge in [0, 0.05) is 21.6 Å². The summed E-state index contributed by atoms with van der Waals surface area (Å²) in [5.41, 5.74) is 7.13. The minimum absolute atomic E-state index is 0.178. The normalized spacial score (nSPS) is 14.3. The summed E-state index contributed by atoms with van der Waals surface area (Å²) in [4.78, 5) is 4.42. The van der Waals surface area contributed by atoms with Crippen molar-refractivity contribution in [1.29, 1.82) is 0 Å². The lowest BCUT2D eigenvalue weighted by Gasteiger charge is -2.13. The molecule has 3 rings (SSSR count). The maximum atomic E-state index is 12.3. The van der Waals surface area contributed by atoms with E-state index in [0.29, 0.717) is 34.7 Å². The molecule has 0 fully saturated rings. The molecule has 25 heavy (non-hydrogen) atoms. The van der Waals surface area contributed by atoms with E-state index >= 15 is 0 Å². The molecule has 1 aliphatic rings. The van der Waals surface area contributed by atoms with Gasteiger partial charge in [0.05, 0.1) is 10.4 Å². The zero-order chi connectivity index (χ0) is 18.2. The third kappa shape index (κ3) is 4.11. The summed E-state index contributed by atoms with van der Waals surface area (Å²) in [7, 11) is 0. The first kappa shape index (κ1) is 17.7. The summed E-state index contributed by atoms with van der Waals surface area (Å²) >= 11 is 12.0. The fourth-order valence-corrected chi connectivity index (χ4v) is 2.88. The van der Waals surface area contributed by atoms with Crippen LogP contribution in [0.3, 0.4) is 0 Å². The maximum Gasteiger partial charge on any atom is 0.573 e. The molecule has 1 heterocycles. The van der Waals surface area contributed by atoms with Crippen molar-refractivity contribution in [2.45, 2.75) is 19.2 Å². The lowest BCUT2D eigenvalue weighted by Crippen LogP contribution is -2.36. The molecular formula is C16H12Cl2F3N3O. The van der Waals surface area contributed by atoms with Gasteiger partial charge in [0.2, 0.25) is 0 Å². The summed E-state index contributed by atoms with van der Waals surface area (Å²) < 4.78 is 40.6. The van der Waals surface area contributed by atoms with Gasteiger partial charge in [-0.1, -0.05) is 23.2 Å². The lowest BCUT2D eigenvalue weighted by atomic mass is 10.1. The molecule has 2 aromatic rings. The Bertz CT molecular complexity index is 945. The Kier molecular flexibility index (Phi) is 4.71. The summed E-state index contributed by atoms with van der Waals surface area (Å²) in [5.74, 6) is -0.0102. The van der Waals surface area contributed by atoms with Gasteiger partial charge in [-0.2, -0.15) is 0 Å². The van der Waals surface area contributed by atoms with E-state index in [9.17, 15) is 13.2 Å². The first-order chi connectivity index (χ1) is 11.7. The molecule has 0 spiro atoms. The van der Waals surface area contributed by atoms with E-state index < -0.39 is 12.1 Å². The van der Waals surface area contributed by atoms with Crippen LogP contribution in [0, 0.1) is 0 Å². The average molecular weight is 390 g/mol. The standard InChI is InChI=1S/C16H12Cl2F3N3O/c17-10-3-4-12(22)9-2-6-14(24-15(9)10)23-8-1-5-13(11(18)7-8)25-16(19,20)21/h1-2,5-7H,3-4,22H2,(H,23,24). The number of aromatic nitrogens is 1. The number of nitrogens with two attached hydrogens (primary N) is 1. The van der Waals surface area contributed by atoms with Crippen LogP contribution in [0.1, 0.15) is 12.8 Å². The van der Waals surface area contributed by atoms with Crippen molar-refractivity contribution in [3.63, 3.8) is 0 Å². The number of alkyl halides is 3. The number of fused-ring (bicyclic) bond motifs is 1. The van der Waals surface area contributed by atoms with Crippen LogP contribution in [0.2, 0.25) is 5.02 Å². The van der Waals surface area contributed by atoms with E-state index in [0.717, 1.165) is 17.0 Å². The van der Waals surface area contributed by atoms with Gasteiger partial charge in [-0.05, 0) is 43.2 Å². The highest BCUT2D eigenvalue weighted by Crippen LogP contribution is 2.32. The van der Waals surface area contributed by atoms with Crippen molar-refractivity contribution in [2.24, 2.45) is 5.73 Å². The number of halogens is 5. The fourth-order valence-electron chi connectivity index (χ4n) is 2.43. The number of hydrogen-bond acceptors (Lipinski definition) is 4. The number of pyridine rings is 1. The molecule has 9 heteroatoms. The second kappa shape index (κ2) is 6.65. The van der Waals surface area contributed by atoms with Crippen LogP contribution in [-0.4, -0.2) is 11.3 Å². The van der Waals surface area contributed by atoms with Crippen LogP contribution in [0.25, 0.3) is 10.7 Å². The van der Waals surface area contributed by atoms with Crippen LogP contribution < -0.4 is 26.4 Å². The van der Waals surface area contributed by atoms with Crippen LogP contribution in [-0.2, 0) is 0 Å². The van der Waals surface area contributed by atoms with Crippen LogP contribution in [0.15, 0.2) is 30.3 Å². The van der Waals surface area contributed by atoms with E-state index in [1.54, 1.807) is 12.1 Å². The third-order valence-electron chi connectivity index (χ3n) is 3.54. The topological polar surface area (TPSA) is 60.2 Å². The maximum absolute atomic E-state index is 12.3. The zero-order valence-electron chi connectivity index (χ0n) is 12.6. The molecule has 4 nitrogen and oxygen atoms in total. The van der Waals surface area contributed by atoms with Crippen molar-refractivity contribution in [2.75, 3.05) is 5.32 Å². The van der Waals surface area contributed by atoms with Gasteiger partial charge in [0.1, 0.15) is 11.6 Å². The summed E-state index contributed by atoms with van der Waals surface area (Å²) in [6, 6.07) is 7.34. The minimum atomic E-state index is -4.80. The predicted octanol–water partition coefficient (Wildman–Crippen LogP) is 3.58. The van der Waals surface area contributed by atoms with Gasteiger partial charge in [-0.15, -0.1) is 13.2 Å². The molecule has 132 valence electrons. The average Bonchev–Trinajstić information content (AvgIpc) is 2.53. The molecule has 0 unspecified atom stereocenters. The van der Waals surface area contributed by atoms with E-state index in [-0.39, 0.29) is 5.02 Å². The van der Waals surface area contributed by atoms with Crippen LogP contribution in [0.4, 0.5) is 24.7 Å². The number of anilines is 2. The van der Waals surface area contributed by atoms with Crippen molar-refractivity contribution < 1.29 is 17.9 Å². The highest BCUT2D eigenvalue weighted by molar-refractivity contribution is 6.45. The van der Waals surface area contributed by atoms with E-state index in [1.807, 2.05) is 0 Å². The molecule has 1 aliphatic carbocycles. The van der Waals surface area contributed by atoms with Gasteiger partial charge in [0.25, 0.3) is 0 Å². The number of benzene rings is 1. The quantitative estimate of drug-likeness (QED) is 0.841. The summed E-state index contributed by atoms with van der Waals surface area (Å²) in [6.07, 6.45) is -3.51. The van der Waals surface area contributed by atoms with Crippen LogP contribution >= 0.6 is 23.2 Å². The van der Waals surface area contributed by atoms with Gasteiger partial charge in [0.15, 0.2) is 0 Å². The van der Waals surface area contributed by atoms with Gasteiger partial charge in [-0.3, -0.25) is 0 Å². The van der Waals surface area contributed by atoms with E-state index in [1.165, 1.54) is 12.1 Å². The molecule has 3 N–H and O–H groups in total. The molecule has 0 bridgehead atoms. The number of ether oxygens (including phenoxy) is 1. The smallest absolute Gasteiger partial charge is 0.404 e. The summed E-state index contributed by atoms with van der Waals surface area (Å²) in [5, 5.41) is 4.78. The second-order valence-corrected chi connectivity index (χ2v) is 6.20. The molecule has 0 saturated heterocycles. The van der Waals surface area contributed by atoms with Crippen molar-refractivity contribution in [3.8, 4) is 5.75 Å². The molecule has 0 radical (unpaired) electrons. The Morgan fingerprint density at radius 3 is 2.56 bits per heavy atom. The number of rotatable bonds is 3. The van der Waals surface area contributed by atoms with E-state index in [2.05, 4.69) is 15.0 Å². The number of nitrogens with one attached hydrogen (secondary N) is 1. The van der Waals surface area contributed by atoms with Gasteiger partial charge in [-0.25, -0.2) is 4.98 Å². The largest absolute Gasteiger partial charge is 0.573 e. The van der Waals surface area contributed by atoms with Gasteiger partial charge >= 0.3 is 6.36 Å². The lowest BCUT2D eigenvalue weighted by molar-refractivity contribution is -0.274. The van der Waals surface area contributed by atoms with Crippen molar-refractivity contribution in [1.82, 2.24) is 4.98 Å². The molecule has 0 saturated carbocycles. The monoisotopic (exact) mass is 389 g/mol. The second-order valence-electron chi connectivity index (χ2n) is 5.34. The fraction of sp³-hybridized carbons (Fsp3) is 0.188. The molecule has 1 aromatic heterocycles. The van der Waals surface area contributed by atoms with Gasteiger partial charge < -0.3 is 15.8 Å². The van der Waals surface area contributed by atoms with Crippen molar-refractivity contribution >= 4 is 45.4 Å². The Balaban J connectivity index is 1.89. The highest BCUT2D eigenvalue weighted by atomic mass is 35.5. The Morgan fingerprint density at radius 2 is 1.88 bits per heavy atom. The molecule has 0 aliphatic heterocycles. The SMILES string of the molecule is NC1=c2ccc(Nc3ccc(OC(F)(F)F)c(Cl)c3)nc2=C(Cl)CC1. The summed E-state index contributed by atoms with van der Waals surface area (Å²) in [6.45, 7) is 0. The van der Waals surface area contributed by atoms with Crippen molar-refractivity contribution in [3.05, 3.63) is 45.9 Å². The molecule has 1 aromatic carbocycles. The highest BCUT2D eigenvalue weighted by Gasteiger charge is 2.32. The number of hydrogen-bond donors (Lipinski definition) is 2. The first-order valence-electron chi connectivity index (χ1n) is 7.19. The molecule has 0 amide bonds. The van der Waals surface area contributed by atoms with Crippen LogP contribution in [0.5, 0.6) is 5.75 Å². The Hall–Kier alpha value is -2.12. The Morgan fingerprint density at radius 1 is 1.12 bits per heavy atom. The minimum Gasteiger partial charge on any atom is -0.404 e. The zero-order valence-corrected chi connectivity index (χ0v) is 14.1. The number of nitrogens with zero attached hydrogens (tertiary/aromatic N) is 1. The third-order valence-corrected chi connectivity index (χ3v) is 4.21.